The fourth-order valence-corrected chi connectivity index (χ4v) is 2.69. The van der Waals surface area contributed by atoms with Gasteiger partial charge >= 0.3 is 0 Å². The average molecular weight is 327 g/mol. The minimum atomic E-state index is 0.533. The fraction of sp³-hybridized carbons (Fsp3) is 0.100. The molecule has 0 saturated carbocycles. The first-order chi connectivity index (χ1) is 12.3. The predicted octanol–water partition coefficient (Wildman–Crippen LogP) is 3.62. The molecule has 0 fully saturated rings. The van der Waals surface area contributed by atoms with Crippen molar-refractivity contribution in [3.63, 3.8) is 0 Å². The molecular weight excluding hydrogens is 310 g/mol. The molecule has 0 bridgehead atoms. The average Bonchev–Trinajstić information content (AvgIpc) is 3.11. The van der Waals surface area contributed by atoms with E-state index in [1.54, 1.807) is 4.68 Å². The van der Waals surface area contributed by atoms with E-state index in [0.29, 0.717) is 5.95 Å². The van der Waals surface area contributed by atoms with Crippen LogP contribution >= 0.6 is 0 Å². The Morgan fingerprint density at radius 3 is 2.36 bits per heavy atom. The van der Waals surface area contributed by atoms with Gasteiger partial charge < -0.3 is 0 Å². The number of benzene rings is 2. The number of aryl methyl sites for hydroxylation is 1. The first-order valence-electron chi connectivity index (χ1n) is 8.14. The van der Waals surface area contributed by atoms with Crippen LogP contribution in [-0.4, -0.2) is 25.0 Å². The number of aromatic nitrogens is 5. The largest absolute Gasteiger partial charge is 0.252 e. The molecule has 0 N–H and O–H groups in total. The summed E-state index contributed by atoms with van der Waals surface area (Å²) in [7, 11) is 0. The van der Waals surface area contributed by atoms with E-state index in [1.165, 1.54) is 5.56 Å². The lowest BCUT2D eigenvalue weighted by Gasteiger charge is -2.05. The maximum atomic E-state index is 4.64. The molecule has 0 unspecified atom stereocenters. The third-order valence-corrected chi connectivity index (χ3v) is 3.89. The molecule has 0 radical (unpaired) electrons. The molecule has 2 heterocycles. The molecule has 0 atom stereocenters. The molecule has 0 aliphatic heterocycles. The van der Waals surface area contributed by atoms with E-state index in [0.717, 1.165) is 29.1 Å². The third kappa shape index (κ3) is 3.45. The van der Waals surface area contributed by atoms with Crippen LogP contribution in [0.3, 0.4) is 0 Å². The van der Waals surface area contributed by atoms with Crippen LogP contribution in [0.15, 0.2) is 72.9 Å². The highest BCUT2D eigenvalue weighted by molar-refractivity contribution is 5.59. The Bertz CT molecular complexity index is 977. The van der Waals surface area contributed by atoms with Gasteiger partial charge in [0.2, 0.25) is 0 Å². The highest BCUT2D eigenvalue weighted by Crippen LogP contribution is 2.18. The number of rotatable bonds is 4. The summed E-state index contributed by atoms with van der Waals surface area (Å²) in [4.78, 5) is 9.14. The Kier molecular flexibility index (Phi) is 4.04. The quantitative estimate of drug-likeness (QED) is 0.574. The van der Waals surface area contributed by atoms with Crippen LogP contribution in [0.2, 0.25) is 0 Å². The highest BCUT2D eigenvalue weighted by atomic mass is 15.5. The van der Waals surface area contributed by atoms with Crippen LogP contribution in [0.4, 0.5) is 0 Å². The van der Waals surface area contributed by atoms with Gasteiger partial charge in [-0.3, -0.25) is 0 Å². The maximum absolute atomic E-state index is 4.64. The second kappa shape index (κ2) is 6.65. The lowest BCUT2D eigenvalue weighted by Crippen LogP contribution is -2.04. The van der Waals surface area contributed by atoms with E-state index in [-0.39, 0.29) is 0 Å². The van der Waals surface area contributed by atoms with Gasteiger partial charge in [-0.25, -0.2) is 9.97 Å². The topological polar surface area (TPSA) is 56.5 Å². The normalized spacial score (nSPS) is 10.8. The predicted molar refractivity (Wildman–Crippen MR) is 96.4 cm³/mol. The first-order valence-corrected chi connectivity index (χ1v) is 8.14. The van der Waals surface area contributed by atoms with Crippen LogP contribution < -0.4 is 0 Å². The fourth-order valence-electron chi connectivity index (χ4n) is 2.69. The zero-order valence-electron chi connectivity index (χ0n) is 13.9. The van der Waals surface area contributed by atoms with E-state index in [2.05, 4.69) is 32.4 Å². The lowest BCUT2D eigenvalue weighted by atomic mass is 10.1. The summed E-state index contributed by atoms with van der Waals surface area (Å²) in [6.07, 6.45) is 2.62. The molecule has 4 aromatic rings. The molecular formula is C20H17N5. The van der Waals surface area contributed by atoms with Crippen molar-refractivity contribution in [1.29, 1.82) is 0 Å². The van der Waals surface area contributed by atoms with Crippen molar-refractivity contribution < 1.29 is 0 Å². The van der Waals surface area contributed by atoms with Crippen molar-refractivity contribution in [2.75, 3.05) is 0 Å². The summed E-state index contributed by atoms with van der Waals surface area (Å²) in [5.74, 6) is 0.533. The van der Waals surface area contributed by atoms with E-state index < -0.39 is 0 Å². The first kappa shape index (κ1) is 15.2. The van der Waals surface area contributed by atoms with Gasteiger partial charge in [0.15, 0.2) is 0 Å². The van der Waals surface area contributed by atoms with Gasteiger partial charge in [-0.1, -0.05) is 65.9 Å². The molecule has 5 nitrogen and oxygen atoms in total. The second-order valence-corrected chi connectivity index (χ2v) is 5.88. The zero-order chi connectivity index (χ0) is 17.1. The summed E-state index contributed by atoms with van der Waals surface area (Å²) >= 11 is 0. The second-order valence-electron chi connectivity index (χ2n) is 5.88. The molecule has 0 saturated heterocycles. The Balaban J connectivity index is 1.65. The standard InChI is InChI=1S/C20H17N5/c1-15-12-19(17-10-6-3-7-11-17)22-20(21-15)25-14-18(23-24-25)13-16-8-4-2-5-9-16/h2-12,14H,13H2,1H3. The third-order valence-electron chi connectivity index (χ3n) is 3.89. The Labute approximate surface area is 146 Å². The highest BCUT2D eigenvalue weighted by Gasteiger charge is 2.09. The van der Waals surface area contributed by atoms with E-state index >= 15 is 0 Å². The van der Waals surface area contributed by atoms with E-state index in [4.69, 9.17) is 0 Å². The van der Waals surface area contributed by atoms with Crippen molar-refractivity contribution in [3.8, 4) is 17.2 Å². The number of hydrogen-bond donors (Lipinski definition) is 0. The van der Waals surface area contributed by atoms with E-state index in [9.17, 15) is 0 Å². The van der Waals surface area contributed by atoms with Crippen LogP contribution in [0, 0.1) is 6.92 Å². The molecule has 4 rings (SSSR count). The summed E-state index contributed by atoms with van der Waals surface area (Å²) in [5.41, 5.74) is 4.91. The number of nitrogens with zero attached hydrogens (tertiary/aromatic N) is 5. The van der Waals surface area contributed by atoms with E-state index in [1.807, 2.05) is 67.7 Å². The van der Waals surface area contributed by atoms with Gasteiger partial charge in [-0.05, 0) is 18.6 Å². The molecule has 2 aromatic heterocycles. The van der Waals surface area contributed by atoms with Gasteiger partial charge in [-0.2, -0.15) is 4.68 Å². The Morgan fingerprint density at radius 1 is 0.880 bits per heavy atom. The summed E-state index contributed by atoms with van der Waals surface area (Å²) < 4.78 is 1.64. The summed E-state index contributed by atoms with van der Waals surface area (Å²) in [5, 5.41) is 8.45. The van der Waals surface area contributed by atoms with Gasteiger partial charge in [0.05, 0.1) is 17.6 Å². The number of hydrogen-bond acceptors (Lipinski definition) is 4. The molecule has 0 aliphatic carbocycles. The molecule has 25 heavy (non-hydrogen) atoms. The van der Waals surface area contributed by atoms with Crippen molar-refractivity contribution in [2.24, 2.45) is 0 Å². The van der Waals surface area contributed by atoms with Crippen molar-refractivity contribution >= 4 is 0 Å². The minimum absolute atomic E-state index is 0.533. The molecule has 122 valence electrons. The van der Waals surface area contributed by atoms with Crippen LogP contribution in [-0.2, 0) is 6.42 Å². The smallest absolute Gasteiger partial charge is 0.216 e. The van der Waals surface area contributed by atoms with Gasteiger partial charge in [0, 0.05) is 17.7 Å². The lowest BCUT2D eigenvalue weighted by molar-refractivity contribution is 0.750. The Morgan fingerprint density at radius 2 is 1.60 bits per heavy atom. The summed E-state index contributed by atoms with van der Waals surface area (Å²) in [6, 6.07) is 22.2. The van der Waals surface area contributed by atoms with Crippen LogP contribution in [0.25, 0.3) is 17.2 Å². The monoisotopic (exact) mass is 327 g/mol. The zero-order valence-corrected chi connectivity index (χ0v) is 13.9. The van der Waals surface area contributed by atoms with Crippen LogP contribution in [0.1, 0.15) is 17.0 Å². The van der Waals surface area contributed by atoms with Crippen molar-refractivity contribution in [1.82, 2.24) is 25.0 Å². The van der Waals surface area contributed by atoms with Gasteiger partial charge in [0.25, 0.3) is 5.95 Å². The molecule has 2 aromatic carbocycles. The van der Waals surface area contributed by atoms with Crippen LogP contribution in [0.5, 0.6) is 0 Å². The maximum Gasteiger partial charge on any atom is 0.252 e. The minimum Gasteiger partial charge on any atom is -0.216 e. The van der Waals surface area contributed by atoms with Crippen molar-refractivity contribution in [2.45, 2.75) is 13.3 Å². The molecule has 0 spiro atoms. The van der Waals surface area contributed by atoms with Gasteiger partial charge in [0.1, 0.15) is 0 Å². The molecule has 5 heteroatoms. The molecule has 0 aliphatic rings. The summed E-state index contributed by atoms with van der Waals surface area (Å²) in [6.45, 7) is 1.96. The SMILES string of the molecule is Cc1cc(-c2ccccc2)nc(-n2cc(Cc3ccccc3)nn2)n1. The van der Waals surface area contributed by atoms with Crippen molar-refractivity contribution in [3.05, 3.63) is 89.9 Å². The Hall–Kier alpha value is -3.34. The molecule has 0 amide bonds. The van der Waals surface area contributed by atoms with Gasteiger partial charge in [-0.15, -0.1) is 5.10 Å².